The van der Waals surface area contributed by atoms with Crippen LogP contribution in [0.1, 0.15) is 42.6 Å². The number of rotatable bonds is 2. The molecule has 0 radical (unpaired) electrons. The zero-order valence-corrected chi connectivity index (χ0v) is 17.0. The number of hydrogen-bond acceptors (Lipinski definition) is 4. The van der Waals surface area contributed by atoms with Gasteiger partial charge >= 0.3 is 0 Å². The van der Waals surface area contributed by atoms with Gasteiger partial charge in [0.2, 0.25) is 0 Å². The summed E-state index contributed by atoms with van der Waals surface area (Å²) in [6.45, 7) is 5.03. The number of carbonyl (C=O) groups excluding carboxylic acids is 1. The van der Waals surface area contributed by atoms with Crippen molar-refractivity contribution in [3.8, 4) is 0 Å². The fraction of sp³-hybridized carbons (Fsp3) is 0.609. The van der Waals surface area contributed by atoms with Gasteiger partial charge in [0, 0.05) is 57.1 Å². The van der Waals surface area contributed by atoms with E-state index in [1.54, 1.807) is 0 Å². The lowest BCUT2D eigenvalue weighted by Gasteiger charge is -2.51. The van der Waals surface area contributed by atoms with Crippen molar-refractivity contribution >= 4 is 11.4 Å². The van der Waals surface area contributed by atoms with Crippen LogP contribution in [0.25, 0.3) is 5.52 Å². The number of carbonyl (C=O) groups is 1. The van der Waals surface area contributed by atoms with Gasteiger partial charge in [0.25, 0.3) is 5.91 Å². The van der Waals surface area contributed by atoms with Crippen LogP contribution >= 0.6 is 0 Å². The summed E-state index contributed by atoms with van der Waals surface area (Å²) in [5.74, 6) is 0.115. The molecule has 3 aliphatic heterocycles. The van der Waals surface area contributed by atoms with E-state index in [1.807, 2.05) is 45.8 Å². The molecule has 1 N–H and O–H groups in total. The molecule has 1 atom stereocenters. The third-order valence-electron chi connectivity index (χ3n) is 7.25. The van der Waals surface area contributed by atoms with Crippen molar-refractivity contribution in [3.63, 3.8) is 0 Å². The van der Waals surface area contributed by atoms with Crippen molar-refractivity contribution in [1.82, 2.24) is 14.2 Å². The molecule has 2 aromatic rings. The molecule has 156 valence electrons. The minimum Gasteiger partial charge on any atom is -0.392 e. The predicted molar refractivity (Wildman–Crippen MR) is 111 cm³/mol. The number of aromatic nitrogens is 1. The second-order valence-electron chi connectivity index (χ2n) is 9.14. The molecule has 2 aromatic heterocycles. The molecule has 5 heterocycles. The Hall–Kier alpha value is -1.89. The third-order valence-corrected chi connectivity index (χ3v) is 7.25. The Morgan fingerprint density at radius 2 is 1.90 bits per heavy atom. The average molecular weight is 398 g/mol. The van der Waals surface area contributed by atoms with Gasteiger partial charge in [-0.25, -0.2) is 0 Å². The first-order valence-electron chi connectivity index (χ1n) is 11.0. The van der Waals surface area contributed by atoms with Crippen LogP contribution in [-0.4, -0.2) is 76.8 Å². The van der Waals surface area contributed by atoms with Gasteiger partial charge in [0.05, 0.1) is 6.10 Å². The third kappa shape index (κ3) is 3.69. The van der Waals surface area contributed by atoms with Crippen LogP contribution in [0.15, 0.2) is 36.5 Å². The summed E-state index contributed by atoms with van der Waals surface area (Å²) >= 11 is 0. The minimum absolute atomic E-state index is 0.115. The first kappa shape index (κ1) is 19.1. The summed E-state index contributed by atoms with van der Waals surface area (Å²) < 4.78 is 7.50. The number of fused-ring (bicyclic) bond motifs is 1. The number of piperidine rings is 2. The maximum Gasteiger partial charge on any atom is 0.270 e. The molecule has 1 spiro atoms. The summed E-state index contributed by atoms with van der Waals surface area (Å²) in [5.41, 5.74) is 1.92. The Morgan fingerprint density at radius 1 is 1.10 bits per heavy atom. The van der Waals surface area contributed by atoms with E-state index in [2.05, 4.69) is 4.90 Å². The van der Waals surface area contributed by atoms with Crippen molar-refractivity contribution in [2.75, 3.05) is 39.4 Å². The standard InChI is InChI=1S/C23H31N3O3/c27-20-15-23(17-25(16-20)18-6-13-29-14-7-18)8-11-24(12-9-23)22(28)21-5-4-19-3-1-2-10-26(19)21/h1-5,10,18,20,27H,6-9,11-17H2. The topological polar surface area (TPSA) is 57.4 Å². The van der Waals surface area contributed by atoms with Crippen molar-refractivity contribution in [2.24, 2.45) is 5.41 Å². The number of ether oxygens (including phenoxy) is 1. The summed E-state index contributed by atoms with van der Waals surface area (Å²) in [5, 5.41) is 10.6. The first-order valence-corrected chi connectivity index (χ1v) is 11.0. The van der Waals surface area contributed by atoms with Crippen molar-refractivity contribution in [3.05, 3.63) is 42.2 Å². The molecule has 1 unspecified atom stereocenters. The van der Waals surface area contributed by atoms with Gasteiger partial charge < -0.3 is 19.1 Å². The molecule has 6 heteroatoms. The van der Waals surface area contributed by atoms with E-state index >= 15 is 0 Å². The van der Waals surface area contributed by atoms with Crippen LogP contribution in [0.3, 0.4) is 0 Å². The maximum atomic E-state index is 13.2. The summed E-state index contributed by atoms with van der Waals surface area (Å²) in [7, 11) is 0. The van der Waals surface area contributed by atoms with Gasteiger partial charge in [0.1, 0.15) is 5.69 Å². The van der Waals surface area contributed by atoms with E-state index in [0.29, 0.717) is 6.04 Å². The van der Waals surface area contributed by atoms with Crippen LogP contribution in [0.4, 0.5) is 0 Å². The molecule has 0 saturated carbocycles. The zero-order valence-electron chi connectivity index (χ0n) is 17.0. The molecule has 29 heavy (non-hydrogen) atoms. The van der Waals surface area contributed by atoms with Crippen molar-refractivity contribution in [1.29, 1.82) is 0 Å². The Bertz CT molecular complexity index is 865. The van der Waals surface area contributed by atoms with Gasteiger partial charge in [-0.3, -0.25) is 9.69 Å². The minimum atomic E-state index is -0.261. The van der Waals surface area contributed by atoms with Crippen LogP contribution < -0.4 is 0 Å². The molecule has 6 nitrogen and oxygen atoms in total. The van der Waals surface area contributed by atoms with Gasteiger partial charge in [-0.15, -0.1) is 0 Å². The van der Waals surface area contributed by atoms with Crippen molar-refractivity contribution in [2.45, 2.75) is 44.2 Å². The molecule has 0 aromatic carbocycles. The molecule has 1 amide bonds. The quantitative estimate of drug-likeness (QED) is 0.846. The van der Waals surface area contributed by atoms with Crippen LogP contribution in [0, 0.1) is 5.41 Å². The van der Waals surface area contributed by atoms with E-state index in [0.717, 1.165) is 82.7 Å². The predicted octanol–water partition coefficient (Wildman–Crippen LogP) is 2.41. The fourth-order valence-corrected chi connectivity index (χ4v) is 5.66. The number of β-amino-alcohol motifs (C(OH)–C–C–N with tert-alkyl or cyclic N) is 1. The van der Waals surface area contributed by atoms with E-state index < -0.39 is 0 Å². The first-order chi connectivity index (χ1) is 14.1. The SMILES string of the molecule is O=C(c1ccc2ccccn12)N1CCC2(CC1)CC(O)CN(C1CCOCC1)C2. The Labute approximate surface area is 172 Å². The monoisotopic (exact) mass is 397 g/mol. The molecule has 3 aliphatic rings. The van der Waals surface area contributed by atoms with E-state index in [1.165, 1.54) is 0 Å². The van der Waals surface area contributed by atoms with Gasteiger partial charge in [-0.05, 0) is 61.8 Å². The lowest BCUT2D eigenvalue weighted by molar-refractivity contribution is -0.0695. The largest absolute Gasteiger partial charge is 0.392 e. The number of amides is 1. The van der Waals surface area contributed by atoms with Crippen LogP contribution in [0.2, 0.25) is 0 Å². The molecule has 0 aliphatic carbocycles. The number of hydrogen-bond donors (Lipinski definition) is 1. The highest BCUT2D eigenvalue weighted by atomic mass is 16.5. The Balaban J connectivity index is 1.27. The second kappa shape index (κ2) is 7.74. The number of nitrogens with zero attached hydrogens (tertiary/aromatic N) is 3. The molecule has 3 fully saturated rings. The summed E-state index contributed by atoms with van der Waals surface area (Å²) in [6, 6.07) is 10.4. The highest BCUT2D eigenvalue weighted by molar-refractivity contribution is 5.94. The van der Waals surface area contributed by atoms with E-state index in [4.69, 9.17) is 4.74 Å². The average Bonchev–Trinajstić information content (AvgIpc) is 3.18. The van der Waals surface area contributed by atoms with Gasteiger partial charge in [-0.1, -0.05) is 6.07 Å². The number of likely N-dealkylation sites (tertiary alicyclic amines) is 2. The molecule has 3 saturated heterocycles. The number of aliphatic hydroxyl groups excluding tert-OH is 1. The zero-order chi connectivity index (χ0) is 19.8. The van der Waals surface area contributed by atoms with Gasteiger partial charge in [-0.2, -0.15) is 0 Å². The molecular formula is C23H31N3O3. The number of aliphatic hydroxyl groups is 1. The van der Waals surface area contributed by atoms with Crippen molar-refractivity contribution < 1.29 is 14.6 Å². The molecule has 5 rings (SSSR count). The fourth-order valence-electron chi connectivity index (χ4n) is 5.66. The Kier molecular flexibility index (Phi) is 5.10. The smallest absolute Gasteiger partial charge is 0.270 e. The van der Waals surface area contributed by atoms with Crippen LogP contribution in [0.5, 0.6) is 0 Å². The summed E-state index contributed by atoms with van der Waals surface area (Å²) in [4.78, 5) is 17.7. The van der Waals surface area contributed by atoms with Gasteiger partial charge in [0.15, 0.2) is 0 Å². The highest BCUT2D eigenvalue weighted by Gasteiger charge is 2.44. The lowest BCUT2D eigenvalue weighted by Crippen LogP contribution is -2.57. The maximum absolute atomic E-state index is 13.2. The normalized spacial score (nSPS) is 26.2. The second-order valence-corrected chi connectivity index (χ2v) is 9.14. The summed E-state index contributed by atoms with van der Waals surface area (Å²) in [6.07, 6.45) is 6.63. The molecule has 0 bridgehead atoms. The molecular weight excluding hydrogens is 366 g/mol. The Morgan fingerprint density at radius 3 is 2.69 bits per heavy atom. The van der Waals surface area contributed by atoms with Crippen LogP contribution in [-0.2, 0) is 4.74 Å². The highest BCUT2D eigenvalue weighted by Crippen LogP contribution is 2.41. The van der Waals surface area contributed by atoms with E-state index in [-0.39, 0.29) is 17.4 Å². The number of pyridine rings is 1. The lowest BCUT2D eigenvalue weighted by atomic mass is 9.71. The van der Waals surface area contributed by atoms with E-state index in [9.17, 15) is 9.90 Å².